The molecule has 1 aromatic rings. The van der Waals surface area contributed by atoms with Gasteiger partial charge in [-0.25, -0.2) is 4.98 Å². The van der Waals surface area contributed by atoms with E-state index in [4.69, 9.17) is 5.11 Å². The van der Waals surface area contributed by atoms with Crippen LogP contribution in [0.5, 0.6) is 0 Å². The van der Waals surface area contributed by atoms with Gasteiger partial charge in [-0.05, 0) is 37.8 Å². The molecule has 1 fully saturated rings. The van der Waals surface area contributed by atoms with Crippen LogP contribution in [0.15, 0.2) is 18.3 Å². The van der Waals surface area contributed by atoms with Gasteiger partial charge >= 0.3 is 0 Å². The molecule has 0 saturated heterocycles. The molecule has 17 heavy (non-hydrogen) atoms. The van der Waals surface area contributed by atoms with Gasteiger partial charge in [0, 0.05) is 18.8 Å². The van der Waals surface area contributed by atoms with Gasteiger partial charge in [0.15, 0.2) is 0 Å². The number of rotatable bonds is 5. The van der Waals surface area contributed by atoms with E-state index in [0.29, 0.717) is 12.6 Å². The number of aliphatic hydroxyl groups excluding tert-OH is 2. The molecular formula is C13H20N2O2. The molecule has 1 aliphatic rings. The molecule has 0 aromatic carbocycles. The average Bonchev–Trinajstić information content (AvgIpc) is 2.26. The predicted octanol–water partition coefficient (Wildman–Crippen LogP) is 1.49. The molecule has 1 atom stereocenters. The summed E-state index contributed by atoms with van der Waals surface area (Å²) >= 11 is 0. The van der Waals surface area contributed by atoms with Crippen molar-refractivity contribution < 1.29 is 10.2 Å². The van der Waals surface area contributed by atoms with Crippen LogP contribution in [0.25, 0.3) is 0 Å². The molecular weight excluding hydrogens is 216 g/mol. The minimum Gasteiger partial charge on any atom is -0.395 e. The van der Waals surface area contributed by atoms with Gasteiger partial charge in [-0.1, -0.05) is 6.07 Å². The first-order valence-corrected chi connectivity index (χ1v) is 6.24. The molecule has 94 valence electrons. The Morgan fingerprint density at radius 3 is 2.65 bits per heavy atom. The summed E-state index contributed by atoms with van der Waals surface area (Å²) in [5.41, 5.74) is 0.825. The third-order valence-corrected chi connectivity index (χ3v) is 3.40. The van der Waals surface area contributed by atoms with Crippen LogP contribution in [0.4, 0.5) is 5.82 Å². The van der Waals surface area contributed by atoms with Crippen LogP contribution in [-0.2, 0) is 0 Å². The van der Waals surface area contributed by atoms with E-state index in [1.54, 1.807) is 13.1 Å². The highest BCUT2D eigenvalue weighted by atomic mass is 16.3. The van der Waals surface area contributed by atoms with Crippen molar-refractivity contribution in [2.45, 2.75) is 38.3 Å². The maximum atomic E-state index is 9.43. The molecule has 0 radical (unpaired) electrons. The fourth-order valence-corrected chi connectivity index (χ4v) is 2.10. The normalized spacial score (nSPS) is 17.6. The Hall–Kier alpha value is -1.13. The summed E-state index contributed by atoms with van der Waals surface area (Å²) in [5.74, 6) is 0.896. The lowest BCUT2D eigenvalue weighted by atomic mass is 9.91. The van der Waals surface area contributed by atoms with Crippen molar-refractivity contribution in [3.63, 3.8) is 0 Å². The van der Waals surface area contributed by atoms with Gasteiger partial charge in [-0.3, -0.25) is 0 Å². The van der Waals surface area contributed by atoms with E-state index in [1.165, 1.54) is 19.3 Å². The molecule has 1 aliphatic carbocycles. The van der Waals surface area contributed by atoms with Crippen molar-refractivity contribution in [1.29, 1.82) is 0 Å². The van der Waals surface area contributed by atoms with Crippen molar-refractivity contribution >= 4 is 5.82 Å². The zero-order valence-electron chi connectivity index (χ0n) is 10.2. The van der Waals surface area contributed by atoms with Gasteiger partial charge in [0.1, 0.15) is 5.82 Å². The Balaban J connectivity index is 2.11. The van der Waals surface area contributed by atoms with E-state index >= 15 is 0 Å². The molecule has 1 aromatic heterocycles. The summed E-state index contributed by atoms with van der Waals surface area (Å²) in [6, 6.07) is 4.35. The van der Waals surface area contributed by atoms with Gasteiger partial charge in [0.05, 0.1) is 12.7 Å². The van der Waals surface area contributed by atoms with Crippen LogP contribution in [0.3, 0.4) is 0 Å². The second-order valence-corrected chi connectivity index (χ2v) is 4.63. The van der Waals surface area contributed by atoms with Crippen LogP contribution in [-0.4, -0.2) is 34.4 Å². The Morgan fingerprint density at radius 1 is 1.47 bits per heavy atom. The van der Waals surface area contributed by atoms with Crippen molar-refractivity contribution in [2.75, 3.05) is 18.1 Å². The van der Waals surface area contributed by atoms with E-state index in [2.05, 4.69) is 9.88 Å². The largest absolute Gasteiger partial charge is 0.395 e. The second kappa shape index (κ2) is 5.47. The van der Waals surface area contributed by atoms with E-state index in [0.717, 1.165) is 11.4 Å². The topological polar surface area (TPSA) is 56.6 Å². The Bertz CT molecular complexity index is 347. The minimum atomic E-state index is -0.480. The number of aliphatic hydroxyl groups is 2. The Labute approximate surface area is 102 Å². The van der Waals surface area contributed by atoms with Gasteiger partial charge in [0.25, 0.3) is 0 Å². The lowest BCUT2D eigenvalue weighted by Gasteiger charge is -2.38. The van der Waals surface area contributed by atoms with Crippen LogP contribution in [0.2, 0.25) is 0 Å². The first-order chi connectivity index (χ1) is 8.22. The molecule has 1 saturated carbocycles. The molecule has 2 rings (SSSR count). The maximum Gasteiger partial charge on any atom is 0.128 e. The summed E-state index contributed by atoms with van der Waals surface area (Å²) in [4.78, 5) is 6.54. The molecule has 0 bridgehead atoms. The smallest absolute Gasteiger partial charge is 0.128 e. The number of pyridine rings is 1. The summed E-state index contributed by atoms with van der Waals surface area (Å²) in [6.07, 6.45) is 4.85. The molecule has 0 amide bonds. The zero-order valence-corrected chi connectivity index (χ0v) is 10.2. The molecule has 2 N–H and O–H groups in total. The Kier molecular flexibility index (Phi) is 3.97. The molecule has 0 aliphatic heterocycles. The zero-order chi connectivity index (χ0) is 12.3. The fourth-order valence-electron chi connectivity index (χ4n) is 2.10. The molecule has 0 unspecified atom stereocenters. The van der Waals surface area contributed by atoms with Gasteiger partial charge < -0.3 is 15.1 Å². The standard InChI is InChI=1S/C13H20N2O2/c1-10(17)11-5-6-13(14-9-11)15(7-8-16)12-3-2-4-12/h5-6,9-10,12,16-17H,2-4,7-8H2,1H3/t10-/m0/s1. The van der Waals surface area contributed by atoms with Crippen LogP contribution in [0.1, 0.15) is 37.9 Å². The molecule has 4 nitrogen and oxygen atoms in total. The first kappa shape index (κ1) is 12.3. The molecule has 1 heterocycles. The molecule has 4 heteroatoms. The average molecular weight is 236 g/mol. The van der Waals surface area contributed by atoms with Gasteiger partial charge in [-0.2, -0.15) is 0 Å². The maximum absolute atomic E-state index is 9.43. The first-order valence-electron chi connectivity index (χ1n) is 6.24. The van der Waals surface area contributed by atoms with E-state index in [1.807, 2.05) is 12.1 Å². The summed E-state index contributed by atoms with van der Waals surface area (Å²) < 4.78 is 0. The van der Waals surface area contributed by atoms with Crippen molar-refractivity contribution in [2.24, 2.45) is 0 Å². The van der Waals surface area contributed by atoms with Crippen molar-refractivity contribution in [1.82, 2.24) is 4.98 Å². The van der Waals surface area contributed by atoms with Crippen LogP contribution < -0.4 is 4.90 Å². The van der Waals surface area contributed by atoms with Crippen molar-refractivity contribution in [3.8, 4) is 0 Å². The second-order valence-electron chi connectivity index (χ2n) is 4.63. The highest BCUT2D eigenvalue weighted by molar-refractivity contribution is 5.41. The van der Waals surface area contributed by atoms with E-state index < -0.39 is 6.10 Å². The van der Waals surface area contributed by atoms with E-state index in [9.17, 15) is 5.11 Å². The van der Waals surface area contributed by atoms with Crippen LogP contribution in [0, 0.1) is 0 Å². The SMILES string of the molecule is C[C@H](O)c1ccc(N(CCO)C2CCC2)nc1. The number of nitrogens with zero attached hydrogens (tertiary/aromatic N) is 2. The van der Waals surface area contributed by atoms with Gasteiger partial charge in [0.2, 0.25) is 0 Å². The fraction of sp³-hybridized carbons (Fsp3) is 0.615. The minimum absolute atomic E-state index is 0.149. The monoisotopic (exact) mass is 236 g/mol. The molecule has 0 spiro atoms. The van der Waals surface area contributed by atoms with Crippen molar-refractivity contribution in [3.05, 3.63) is 23.9 Å². The summed E-state index contributed by atoms with van der Waals surface area (Å²) in [7, 11) is 0. The van der Waals surface area contributed by atoms with Gasteiger partial charge in [-0.15, -0.1) is 0 Å². The summed E-state index contributed by atoms with van der Waals surface area (Å²) in [6.45, 7) is 2.51. The highest BCUT2D eigenvalue weighted by Gasteiger charge is 2.25. The lowest BCUT2D eigenvalue weighted by Crippen LogP contribution is -2.42. The summed E-state index contributed by atoms with van der Waals surface area (Å²) in [5, 5.41) is 18.5. The number of hydrogen-bond donors (Lipinski definition) is 2. The number of hydrogen-bond acceptors (Lipinski definition) is 4. The Morgan fingerprint density at radius 2 is 2.24 bits per heavy atom. The number of anilines is 1. The predicted molar refractivity (Wildman–Crippen MR) is 66.9 cm³/mol. The lowest BCUT2D eigenvalue weighted by molar-refractivity contribution is 0.199. The number of aromatic nitrogens is 1. The van der Waals surface area contributed by atoms with Crippen LogP contribution >= 0.6 is 0 Å². The van der Waals surface area contributed by atoms with E-state index in [-0.39, 0.29) is 6.61 Å². The third kappa shape index (κ3) is 2.76. The highest BCUT2D eigenvalue weighted by Crippen LogP contribution is 2.28. The quantitative estimate of drug-likeness (QED) is 0.813. The third-order valence-electron chi connectivity index (χ3n) is 3.40.